The molecular weight excluding hydrogens is 444 g/mol. The number of carbonyl (C=O) groups is 3. The van der Waals surface area contributed by atoms with Gasteiger partial charge in [0.1, 0.15) is 12.1 Å². The summed E-state index contributed by atoms with van der Waals surface area (Å²) in [5, 5.41) is 15.3. The molecule has 2 atom stereocenters. The smallest absolute Gasteiger partial charge is 0.408 e. The van der Waals surface area contributed by atoms with Crippen molar-refractivity contribution in [3.63, 3.8) is 0 Å². The maximum atomic E-state index is 13.1. The van der Waals surface area contributed by atoms with Crippen molar-refractivity contribution < 1.29 is 24.2 Å². The lowest BCUT2D eigenvalue weighted by Crippen LogP contribution is -2.63. The molecule has 0 heterocycles. The average molecular weight is 477 g/mol. The minimum Gasteiger partial charge on any atom is -0.481 e. The third-order valence-electron chi connectivity index (χ3n) is 8.08. The summed E-state index contributed by atoms with van der Waals surface area (Å²) in [6.45, 7) is 0.518. The van der Waals surface area contributed by atoms with E-state index in [4.69, 9.17) is 4.74 Å². The van der Waals surface area contributed by atoms with Gasteiger partial charge in [0, 0.05) is 12.5 Å². The summed E-state index contributed by atoms with van der Waals surface area (Å²) in [7, 11) is 0. The summed E-state index contributed by atoms with van der Waals surface area (Å²) in [5.41, 5.74) is 3.62. The molecule has 2 saturated carbocycles. The van der Waals surface area contributed by atoms with Crippen LogP contribution in [0.4, 0.5) is 4.79 Å². The summed E-state index contributed by atoms with van der Waals surface area (Å²) in [6, 6.07) is 16.3. The number of ether oxygens (including phenoxy) is 1. The number of amides is 2. The van der Waals surface area contributed by atoms with E-state index in [0.29, 0.717) is 25.8 Å². The highest BCUT2D eigenvalue weighted by Crippen LogP contribution is 2.44. The van der Waals surface area contributed by atoms with Crippen LogP contribution in [-0.2, 0) is 14.3 Å². The minimum atomic E-state index is -0.976. The van der Waals surface area contributed by atoms with Gasteiger partial charge in [0.25, 0.3) is 0 Å². The van der Waals surface area contributed by atoms with E-state index < -0.39 is 23.5 Å². The number of carboxylic acid groups (broad SMARTS) is 1. The van der Waals surface area contributed by atoms with E-state index in [1.807, 2.05) is 24.3 Å². The Morgan fingerprint density at radius 3 is 2.14 bits per heavy atom. The third kappa shape index (κ3) is 4.51. The summed E-state index contributed by atoms with van der Waals surface area (Å²) in [5.74, 6) is -1.57. The normalized spacial score (nSPS) is 22.3. The van der Waals surface area contributed by atoms with Crippen molar-refractivity contribution in [2.45, 2.75) is 56.4 Å². The average Bonchev–Trinajstić information content (AvgIpc) is 3.17. The number of nitrogens with one attached hydrogen (secondary N) is 2. The number of fused-ring (bicyclic) bond motifs is 3. The van der Waals surface area contributed by atoms with E-state index in [1.54, 1.807) is 0 Å². The molecule has 2 fully saturated rings. The zero-order chi connectivity index (χ0) is 24.4. The number of carboxylic acids is 1. The number of benzene rings is 2. The van der Waals surface area contributed by atoms with Crippen LogP contribution in [0.1, 0.15) is 62.0 Å². The van der Waals surface area contributed by atoms with Crippen LogP contribution in [0.5, 0.6) is 0 Å². The third-order valence-corrected chi connectivity index (χ3v) is 8.08. The van der Waals surface area contributed by atoms with Crippen LogP contribution in [0, 0.1) is 11.8 Å². The highest BCUT2D eigenvalue weighted by atomic mass is 16.5. The molecule has 0 aromatic heterocycles. The molecule has 2 amide bonds. The fourth-order valence-electron chi connectivity index (χ4n) is 5.94. The van der Waals surface area contributed by atoms with Crippen molar-refractivity contribution in [1.82, 2.24) is 10.6 Å². The van der Waals surface area contributed by atoms with Crippen molar-refractivity contribution in [1.29, 1.82) is 0 Å². The van der Waals surface area contributed by atoms with Gasteiger partial charge in [-0.3, -0.25) is 9.59 Å². The van der Waals surface area contributed by atoms with E-state index >= 15 is 0 Å². The maximum absolute atomic E-state index is 13.1. The Morgan fingerprint density at radius 2 is 1.54 bits per heavy atom. The summed E-state index contributed by atoms with van der Waals surface area (Å²) < 4.78 is 5.66. The molecule has 0 spiro atoms. The van der Waals surface area contributed by atoms with Crippen LogP contribution in [-0.4, -0.2) is 41.8 Å². The Morgan fingerprint density at radius 1 is 0.914 bits per heavy atom. The summed E-state index contributed by atoms with van der Waals surface area (Å²) in [6.07, 6.45) is 4.69. The van der Waals surface area contributed by atoms with E-state index in [2.05, 4.69) is 34.9 Å². The van der Waals surface area contributed by atoms with Crippen molar-refractivity contribution in [2.75, 3.05) is 13.2 Å². The van der Waals surface area contributed by atoms with Crippen LogP contribution < -0.4 is 10.6 Å². The summed E-state index contributed by atoms with van der Waals surface area (Å²) >= 11 is 0. The molecule has 3 N–H and O–H groups in total. The molecule has 7 heteroatoms. The van der Waals surface area contributed by atoms with Gasteiger partial charge >= 0.3 is 12.1 Å². The van der Waals surface area contributed by atoms with Crippen LogP contribution in [0.3, 0.4) is 0 Å². The number of hydrogen-bond acceptors (Lipinski definition) is 4. The molecule has 2 aromatic carbocycles. The highest BCUT2D eigenvalue weighted by molar-refractivity contribution is 5.91. The van der Waals surface area contributed by atoms with Crippen LogP contribution in [0.2, 0.25) is 0 Å². The van der Waals surface area contributed by atoms with Crippen molar-refractivity contribution in [2.24, 2.45) is 11.8 Å². The van der Waals surface area contributed by atoms with Crippen molar-refractivity contribution in [3.05, 3.63) is 59.7 Å². The molecule has 0 unspecified atom stereocenters. The van der Waals surface area contributed by atoms with Gasteiger partial charge in [0.15, 0.2) is 0 Å². The number of aliphatic carboxylic acids is 1. The predicted molar refractivity (Wildman–Crippen MR) is 131 cm³/mol. The molecule has 0 radical (unpaired) electrons. The lowest BCUT2D eigenvalue weighted by Gasteiger charge is -2.41. The molecule has 7 nitrogen and oxygen atoms in total. The molecule has 3 aliphatic carbocycles. The Hall–Kier alpha value is -3.35. The lowest BCUT2D eigenvalue weighted by atomic mass is 9.75. The predicted octanol–water partition coefficient (Wildman–Crippen LogP) is 4.46. The standard InChI is InChI=1S/C28H32N2O5/c31-25(32)19-9-2-1-8-18(19)16-29-26(33)28(14-7-15-28)30-27(34)35-17-24-22-12-5-3-10-20(22)21-11-4-6-13-23(21)24/h3-6,10-13,18-19,24H,1-2,7-9,14-17H2,(H,29,33)(H,30,34)(H,31,32)/t18-,19-/m0/s1. The zero-order valence-corrected chi connectivity index (χ0v) is 19.8. The first-order valence-corrected chi connectivity index (χ1v) is 12.6. The fourth-order valence-corrected chi connectivity index (χ4v) is 5.94. The van der Waals surface area contributed by atoms with Gasteiger partial charge in [-0.25, -0.2) is 4.79 Å². The van der Waals surface area contributed by atoms with Gasteiger partial charge in [-0.1, -0.05) is 61.4 Å². The van der Waals surface area contributed by atoms with E-state index in [9.17, 15) is 19.5 Å². The number of hydrogen-bond donors (Lipinski definition) is 3. The van der Waals surface area contributed by atoms with Crippen molar-refractivity contribution in [3.8, 4) is 11.1 Å². The lowest BCUT2D eigenvalue weighted by molar-refractivity contribution is -0.145. The number of carbonyl (C=O) groups excluding carboxylic acids is 2. The first-order chi connectivity index (χ1) is 17.0. The zero-order valence-electron chi connectivity index (χ0n) is 19.8. The molecule has 0 bridgehead atoms. The maximum Gasteiger partial charge on any atom is 0.408 e. The quantitative estimate of drug-likeness (QED) is 0.547. The number of alkyl carbamates (subject to hydrolysis) is 1. The second-order valence-corrected chi connectivity index (χ2v) is 10.1. The van der Waals surface area contributed by atoms with Crippen LogP contribution in [0.25, 0.3) is 11.1 Å². The molecule has 35 heavy (non-hydrogen) atoms. The Balaban J connectivity index is 1.19. The Bertz CT molecular complexity index is 1080. The first kappa shape index (κ1) is 23.4. The SMILES string of the molecule is O=C(NC1(C(=O)NC[C@@H]2CCCC[C@@H]2C(=O)O)CCC1)OCC1c2ccccc2-c2ccccc21. The van der Waals surface area contributed by atoms with Gasteiger partial charge in [0.2, 0.25) is 5.91 Å². The van der Waals surface area contributed by atoms with Gasteiger partial charge in [-0.2, -0.15) is 0 Å². The Kier molecular flexibility index (Phi) is 6.50. The van der Waals surface area contributed by atoms with Crippen molar-refractivity contribution >= 4 is 18.0 Å². The monoisotopic (exact) mass is 476 g/mol. The largest absolute Gasteiger partial charge is 0.481 e. The number of rotatable bonds is 7. The van der Waals surface area contributed by atoms with Gasteiger partial charge < -0.3 is 20.5 Å². The molecule has 3 aliphatic rings. The molecule has 2 aromatic rings. The topological polar surface area (TPSA) is 105 Å². The molecule has 5 rings (SSSR count). The van der Waals surface area contributed by atoms with Crippen LogP contribution in [0.15, 0.2) is 48.5 Å². The first-order valence-electron chi connectivity index (χ1n) is 12.6. The van der Waals surface area contributed by atoms with Crippen LogP contribution >= 0.6 is 0 Å². The van der Waals surface area contributed by atoms with E-state index in [-0.39, 0.29) is 24.3 Å². The van der Waals surface area contributed by atoms with E-state index in [1.165, 1.54) is 0 Å². The second kappa shape index (κ2) is 9.72. The Labute approximate surface area is 205 Å². The van der Waals surface area contributed by atoms with Gasteiger partial charge in [0.05, 0.1) is 5.92 Å². The summed E-state index contributed by atoms with van der Waals surface area (Å²) in [4.78, 5) is 37.4. The van der Waals surface area contributed by atoms with Gasteiger partial charge in [-0.15, -0.1) is 0 Å². The molecule has 0 saturated heterocycles. The van der Waals surface area contributed by atoms with Gasteiger partial charge in [-0.05, 0) is 60.3 Å². The van der Waals surface area contributed by atoms with E-state index in [0.717, 1.165) is 47.9 Å². The second-order valence-electron chi connectivity index (χ2n) is 10.1. The molecular formula is C28H32N2O5. The molecule has 184 valence electrons. The highest BCUT2D eigenvalue weighted by Gasteiger charge is 2.46. The molecule has 0 aliphatic heterocycles. The fraction of sp³-hybridized carbons (Fsp3) is 0.464. The minimum absolute atomic E-state index is 0.0430.